The summed E-state index contributed by atoms with van der Waals surface area (Å²) in [6, 6.07) is 23.6. The maximum atomic E-state index is 13.0. The zero-order chi connectivity index (χ0) is 22.8. The number of hydrogen-bond acceptors (Lipinski definition) is 5. The van der Waals surface area contributed by atoms with Crippen molar-refractivity contribution in [2.24, 2.45) is 0 Å². The van der Waals surface area contributed by atoms with Gasteiger partial charge in [0.25, 0.3) is 11.8 Å². The van der Waals surface area contributed by atoms with Crippen LogP contribution in [0.1, 0.15) is 26.5 Å². The van der Waals surface area contributed by atoms with Crippen molar-refractivity contribution in [1.29, 1.82) is 0 Å². The van der Waals surface area contributed by atoms with Gasteiger partial charge in [-0.15, -0.1) is 0 Å². The number of carbonyl (C=O) groups excluding carboxylic acids is 2. The van der Waals surface area contributed by atoms with Crippen molar-refractivity contribution in [3.05, 3.63) is 102 Å². The van der Waals surface area contributed by atoms with E-state index in [1.165, 1.54) is 0 Å². The minimum Gasteiger partial charge on any atom is -0.463 e. The van der Waals surface area contributed by atoms with Crippen LogP contribution < -0.4 is 10.9 Å². The first kappa shape index (κ1) is 20.2. The number of benzene rings is 2. The average Bonchev–Trinajstić information content (AvgIpc) is 3.52. The Labute approximate surface area is 188 Å². The van der Waals surface area contributed by atoms with Crippen molar-refractivity contribution in [2.75, 3.05) is 0 Å². The Kier molecular flexibility index (Phi) is 5.16. The standard InChI is InChI=1S/C25H19N5O3/c1-16-14-22(29-30(16)17-8-3-2-4-9-17)25(32)28-27-24(31)19-15-21(23-12-7-13-33-23)26-20-11-6-5-10-18(19)20/h2-15H,1H3,(H,27,31)(H,28,32). The fourth-order valence-electron chi connectivity index (χ4n) is 3.57. The first-order valence-corrected chi connectivity index (χ1v) is 10.3. The maximum absolute atomic E-state index is 13.0. The van der Waals surface area contributed by atoms with E-state index in [1.54, 1.807) is 41.3 Å². The van der Waals surface area contributed by atoms with E-state index in [1.807, 2.05) is 55.5 Å². The molecule has 8 heteroatoms. The van der Waals surface area contributed by atoms with Crippen molar-refractivity contribution in [3.8, 4) is 17.1 Å². The number of fused-ring (bicyclic) bond motifs is 1. The number of hydrogen-bond donors (Lipinski definition) is 2. The van der Waals surface area contributed by atoms with E-state index in [0.29, 0.717) is 27.9 Å². The van der Waals surface area contributed by atoms with E-state index < -0.39 is 11.8 Å². The molecule has 0 spiro atoms. The van der Waals surface area contributed by atoms with Crippen molar-refractivity contribution in [2.45, 2.75) is 6.92 Å². The molecule has 8 nitrogen and oxygen atoms in total. The molecule has 0 atom stereocenters. The SMILES string of the molecule is Cc1cc(C(=O)NNC(=O)c2cc(-c3ccco3)nc3ccccc23)nn1-c1ccccc1. The number of nitrogens with zero attached hydrogens (tertiary/aromatic N) is 3. The first-order chi connectivity index (χ1) is 16.1. The molecule has 2 aromatic carbocycles. The van der Waals surface area contributed by atoms with Crippen LogP contribution in [0.15, 0.2) is 89.5 Å². The number of carbonyl (C=O) groups is 2. The van der Waals surface area contributed by atoms with Crippen LogP contribution in [0.2, 0.25) is 0 Å². The molecule has 33 heavy (non-hydrogen) atoms. The van der Waals surface area contributed by atoms with E-state index in [-0.39, 0.29) is 5.69 Å². The van der Waals surface area contributed by atoms with Gasteiger partial charge in [-0.05, 0) is 49.4 Å². The largest absolute Gasteiger partial charge is 0.463 e. The van der Waals surface area contributed by atoms with Crippen molar-refractivity contribution >= 4 is 22.7 Å². The van der Waals surface area contributed by atoms with E-state index >= 15 is 0 Å². The van der Waals surface area contributed by atoms with Crippen LogP contribution in [0.25, 0.3) is 28.0 Å². The lowest BCUT2D eigenvalue weighted by Crippen LogP contribution is -2.42. The molecule has 3 heterocycles. The van der Waals surface area contributed by atoms with Crippen molar-refractivity contribution in [3.63, 3.8) is 0 Å². The van der Waals surface area contributed by atoms with Crippen LogP contribution in [-0.4, -0.2) is 26.6 Å². The summed E-state index contributed by atoms with van der Waals surface area (Å²) in [5.74, 6) is -0.458. The van der Waals surface area contributed by atoms with Crippen LogP contribution in [0.4, 0.5) is 0 Å². The van der Waals surface area contributed by atoms with E-state index in [2.05, 4.69) is 20.9 Å². The van der Waals surface area contributed by atoms with Gasteiger partial charge in [0.1, 0.15) is 5.69 Å². The summed E-state index contributed by atoms with van der Waals surface area (Å²) >= 11 is 0. The van der Waals surface area contributed by atoms with Crippen LogP contribution in [-0.2, 0) is 0 Å². The zero-order valence-corrected chi connectivity index (χ0v) is 17.6. The Morgan fingerprint density at radius 3 is 2.42 bits per heavy atom. The number of hydrazine groups is 1. The third kappa shape index (κ3) is 3.97. The summed E-state index contributed by atoms with van der Waals surface area (Å²) in [5.41, 5.74) is 8.27. The topological polar surface area (TPSA) is 102 Å². The smallest absolute Gasteiger partial charge is 0.290 e. The van der Waals surface area contributed by atoms with Gasteiger partial charge < -0.3 is 4.42 Å². The number of nitrogens with one attached hydrogen (secondary N) is 2. The Bertz CT molecular complexity index is 1460. The molecule has 162 valence electrons. The summed E-state index contributed by atoms with van der Waals surface area (Å²) in [7, 11) is 0. The van der Waals surface area contributed by atoms with E-state index in [9.17, 15) is 9.59 Å². The minimum absolute atomic E-state index is 0.188. The number of furan rings is 1. The second-order valence-corrected chi connectivity index (χ2v) is 7.38. The van der Waals surface area contributed by atoms with Gasteiger partial charge >= 0.3 is 0 Å². The lowest BCUT2D eigenvalue weighted by molar-refractivity contribution is 0.0844. The normalized spacial score (nSPS) is 10.8. The molecule has 0 aliphatic rings. The molecule has 0 unspecified atom stereocenters. The highest BCUT2D eigenvalue weighted by atomic mass is 16.3. The Morgan fingerprint density at radius 1 is 0.879 bits per heavy atom. The third-order valence-corrected chi connectivity index (χ3v) is 5.14. The van der Waals surface area contributed by atoms with Crippen molar-refractivity contribution in [1.82, 2.24) is 25.6 Å². The van der Waals surface area contributed by atoms with Crippen molar-refractivity contribution < 1.29 is 14.0 Å². The Balaban J connectivity index is 1.38. The second-order valence-electron chi connectivity index (χ2n) is 7.38. The van der Waals surface area contributed by atoms with Gasteiger partial charge in [-0.3, -0.25) is 20.4 Å². The first-order valence-electron chi connectivity index (χ1n) is 10.3. The number of pyridine rings is 1. The molecule has 3 aromatic heterocycles. The van der Waals surface area contributed by atoms with Gasteiger partial charge in [-0.2, -0.15) is 5.10 Å². The summed E-state index contributed by atoms with van der Waals surface area (Å²) in [6.45, 7) is 1.86. The summed E-state index contributed by atoms with van der Waals surface area (Å²) < 4.78 is 7.10. The fourth-order valence-corrected chi connectivity index (χ4v) is 3.57. The zero-order valence-electron chi connectivity index (χ0n) is 17.6. The van der Waals surface area contributed by atoms with Gasteiger partial charge in [0, 0.05) is 11.1 Å². The molecule has 0 bridgehead atoms. The molecule has 0 fully saturated rings. The summed E-state index contributed by atoms with van der Waals surface area (Å²) in [5, 5.41) is 5.02. The molecular formula is C25H19N5O3. The predicted molar refractivity (Wildman–Crippen MR) is 123 cm³/mol. The third-order valence-electron chi connectivity index (χ3n) is 5.14. The highest BCUT2D eigenvalue weighted by molar-refractivity contribution is 6.08. The molecule has 5 rings (SSSR count). The maximum Gasteiger partial charge on any atom is 0.290 e. The number of para-hydroxylation sites is 2. The van der Waals surface area contributed by atoms with Crippen LogP contribution in [0, 0.1) is 6.92 Å². The molecule has 5 aromatic rings. The van der Waals surface area contributed by atoms with Gasteiger partial charge in [0.2, 0.25) is 0 Å². The highest BCUT2D eigenvalue weighted by Crippen LogP contribution is 2.25. The molecule has 0 saturated heterocycles. The quantitative estimate of drug-likeness (QED) is 0.413. The van der Waals surface area contributed by atoms with Crippen LogP contribution in [0.5, 0.6) is 0 Å². The van der Waals surface area contributed by atoms with Gasteiger partial charge in [-0.25, -0.2) is 9.67 Å². The molecular weight excluding hydrogens is 418 g/mol. The number of aryl methyl sites for hydroxylation is 1. The molecule has 0 radical (unpaired) electrons. The highest BCUT2D eigenvalue weighted by Gasteiger charge is 2.18. The summed E-state index contributed by atoms with van der Waals surface area (Å²) in [4.78, 5) is 30.2. The molecule has 2 N–H and O–H groups in total. The molecule has 2 amide bonds. The van der Waals surface area contributed by atoms with Gasteiger partial charge in [-0.1, -0.05) is 36.4 Å². The second kappa shape index (κ2) is 8.43. The van der Waals surface area contributed by atoms with E-state index in [4.69, 9.17) is 4.42 Å². The van der Waals surface area contributed by atoms with Crippen LogP contribution >= 0.6 is 0 Å². The number of amides is 2. The molecule has 0 saturated carbocycles. The van der Waals surface area contributed by atoms with E-state index in [0.717, 1.165) is 11.4 Å². The van der Waals surface area contributed by atoms with Crippen LogP contribution in [0.3, 0.4) is 0 Å². The molecule has 0 aliphatic carbocycles. The fraction of sp³-hybridized carbons (Fsp3) is 0.0400. The number of rotatable bonds is 4. The average molecular weight is 437 g/mol. The van der Waals surface area contributed by atoms with Gasteiger partial charge in [0.05, 0.1) is 23.0 Å². The predicted octanol–water partition coefficient (Wildman–Crippen LogP) is 4.06. The summed E-state index contributed by atoms with van der Waals surface area (Å²) in [6.07, 6.45) is 1.54. The molecule has 0 aliphatic heterocycles. The Hall–Kier alpha value is -4.72. The monoisotopic (exact) mass is 437 g/mol. The Morgan fingerprint density at radius 2 is 1.64 bits per heavy atom. The number of aromatic nitrogens is 3. The lowest BCUT2D eigenvalue weighted by atomic mass is 10.1. The minimum atomic E-state index is -0.522. The van der Waals surface area contributed by atoms with Gasteiger partial charge in [0.15, 0.2) is 11.5 Å². The lowest BCUT2D eigenvalue weighted by Gasteiger charge is -2.10.